The van der Waals surface area contributed by atoms with Crippen LogP contribution >= 0.6 is 0 Å². The fourth-order valence-electron chi connectivity index (χ4n) is 0.663. The summed E-state index contributed by atoms with van der Waals surface area (Å²) in [6, 6.07) is 0. The van der Waals surface area contributed by atoms with Gasteiger partial charge in [-0.15, -0.1) is 0 Å². The van der Waals surface area contributed by atoms with Gasteiger partial charge in [0.25, 0.3) is 0 Å². The molecule has 8 heavy (non-hydrogen) atoms. The number of hydrogen-bond acceptors (Lipinski definition) is 4. The summed E-state index contributed by atoms with van der Waals surface area (Å²) in [5, 5.41) is 34.0. The highest BCUT2D eigenvalue weighted by atomic mass is 16.4. The lowest BCUT2D eigenvalue weighted by atomic mass is 9.85. The smallest absolute Gasteiger partial charge is 0.111 e. The third kappa shape index (κ3) is 0.545. The highest BCUT2D eigenvalue weighted by Gasteiger charge is 2.47. The van der Waals surface area contributed by atoms with Gasteiger partial charge in [-0.3, -0.25) is 0 Å². The Balaban J connectivity index is 2.42. The number of rotatable bonds is 0. The van der Waals surface area contributed by atoms with Gasteiger partial charge in [-0.05, 0) is 0 Å². The Morgan fingerprint density at radius 1 is 0.500 bits per heavy atom. The van der Waals surface area contributed by atoms with Crippen molar-refractivity contribution >= 4 is 0 Å². The van der Waals surface area contributed by atoms with Gasteiger partial charge in [0.15, 0.2) is 0 Å². The average Bonchev–Trinajstić information content (AvgIpc) is 1.83. The van der Waals surface area contributed by atoms with Gasteiger partial charge in [-0.2, -0.15) is 0 Å². The molecule has 1 aliphatic carbocycles. The summed E-state index contributed by atoms with van der Waals surface area (Å²) in [7, 11) is 0. The molecule has 48 valence electrons. The monoisotopic (exact) mass is 120 g/mol. The van der Waals surface area contributed by atoms with E-state index in [1.165, 1.54) is 0 Å². The van der Waals surface area contributed by atoms with Gasteiger partial charge in [-0.1, -0.05) is 0 Å². The highest BCUT2D eigenvalue weighted by Crippen LogP contribution is 2.20. The zero-order chi connectivity index (χ0) is 6.31. The van der Waals surface area contributed by atoms with E-state index in [2.05, 4.69) is 0 Å². The predicted molar refractivity (Wildman–Crippen MR) is 24.0 cm³/mol. The third-order valence-corrected chi connectivity index (χ3v) is 1.40. The first-order valence-corrected chi connectivity index (χ1v) is 2.37. The zero-order valence-electron chi connectivity index (χ0n) is 4.10. The Bertz CT molecular complexity index is 62.0. The molecule has 4 N–H and O–H groups in total. The maximum atomic E-state index is 8.50. The van der Waals surface area contributed by atoms with Crippen molar-refractivity contribution in [2.24, 2.45) is 0 Å². The van der Waals surface area contributed by atoms with Crippen molar-refractivity contribution in [2.45, 2.75) is 24.4 Å². The summed E-state index contributed by atoms with van der Waals surface area (Å²) in [5.41, 5.74) is 0. The zero-order valence-corrected chi connectivity index (χ0v) is 4.10. The van der Waals surface area contributed by atoms with E-state index in [-0.39, 0.29) is 0 Å². The Morgan fingerprint density at radius 3 is 0.750 bits per heavy atom. The topological polar surface area (TPSA) is 80.9 Å². The van der Waals surface area contributed by atoms with Gasteiger partial charge < -0.3 is 20.4 Å². The molecule has 0 aromatic heterocycles. The lowest BCUT2D eigenvalue weighted by molar-refractivity contribution is -0.223. The Labute approximate surface area is 46.0 Å². The minimum absolute atomic E-state index is 1.16. The molecule has 1 saturated carbocycles. The van der Waals surface area contributed by atoms with Crippen molar-refractivity contribution in [2.75, 3.05) is 0 Å². The molecule has 0 amide bonds. The molecule has 4 heteroatoms. The van der Waals surface area contributed by atoms with Crippen LogP contribution in [0.3, 0.4) is 0 Å². The first-order chi connectivity index (χ1) is 3.64. The van der Waals surface area contributed by atoms with E-state index in [0.717, 1.165) is 0 Å². The fraction of sp³-hybridized carbons (Fsp3) is 1.00. The summed E-state index contributed by atoms with van der Waals surface area (Å²) < 4.78 is 0. The summed E-state index contributed by atoms with van der Waals surface area (Å²) in [6.45, 7) is 0. The molecule has 0 radical (unpaired) electrons. The molecule has 0 aromatic rings. The molecule has 4 nitrogen and oxygen atoms in total. The van der Waals surface area contributed by atoms with Crippen LogP contribution in [0.2, 0.25) is 0 Å². The number of hydrogen-bond donors (Lipinski definition) is 4. The summed E-state index contributed by atoms with van der Waals surface area (Å²) in [6.07, 6.45) is -4.65. The Morgan fingerprint density at radius 2 is 0.625 bits per heavy atom. The van der Waals surface area contributed by atoms with Gasteiger partial charge in [0.2, 0.25) is 0 Å². The molecule has 1 rings (SSSR count). The van der Waals surface area contributed by atoms with E-state index >= 15 is 0 Å². The molecule has 0 heterocycles. The van der Waals surface area contributed by atoms with Crippen LogP contribution < -0.4 is 0 Å². The van der Waals surface area contributed by atoms with Crippen LogP contribution in [0.4, 0.5) is 0 Å². The summed E-state index contributed by atoms with van der Waals surface area (Å²) in [5.74, 6) is 0. The van der Waals surface area contributed by atoms with E-state index in [1.54, 1.807) is 0 Å². The van der Waals surface area contributed by atoms with E-state index in [4.69, 9.17) is 20.4 Å². The molecule has 0 unspecified atom stereocenters. The van der Waals surface area contributed by atoms with Crippen LogP contribution in [0.25, 0.3) is 0 Å². The molecule has 0 spiro atoms. The molecule has 1 fully saturated rings. The fourth-order valence-corrected chi connectivity index (χ4v) is 0.663. The standard InChI is InChI=1S/C4H8O4/c5-1-2(6)4(8)3(1)7/h1-8H. The van der Waals surface area contributed by atoms with Crippen LogP contribution in [0.15, 0.2) is 0 Å². The van der Waals surface area contributed by atoms with Crippen molar-refractivity contribution in [1.82, 2.24) is 0 Å². The largest absolute Gasteiger partial charge is 0.387 e. The minimum atomic E-state index is -1.16. The normalized spacial score (nSPS) is 55.5. The lowest BCUT2D eigenvalue weighted by Gasteiger charge is -2.39. The molecule has 0 aromatic carbocycles. The molecule has 0 aliphatic heterocycles. The first-order valence-electron chi connectivity index (χ1n) is 2.37. The summed E-state index contributed by atoms with van der Waals surface area (Å²) in [4.78, 5) is 0. The lowest BCUT2D eigenvalue weighted by Crippen LogP contribution is -2.63. The van der Waals surface area contributed by atoms with Crippen LogP contribution in [0, 0.1) is 0 Å². The third-order valence-electron chi connectivity index (χ3n) is 1.40. The SMILES string of the molecule is OC1C(O)C(O)C1O. The molecule has 0 saturated heterocycles. The molecular weight excluding hydrogens is 112 g/mol. The van der Waals surface area contributed by atoms with Crippen LogP contribution in [0.5, 0.6) is 0 Å². The van der Waals surface area contributed by atoms with E-state index in [1.807, 2.05) is 0 Å². The second-order valence-corrected chi connectivity index (χ2v) is 1.96. The van der Waals surface area contributed by atoms with Crippen molar-refractivity contribution in [1.29, 1.82) is 0 Å². The number of aliphatic hydroxyl groups excluding tert-OH is 4. The second-order valence-electron chi connectivity index (χ2n) is 1.96. The van der Waals surface area contributed by atoms with E-state index < -0.39 is 24.4 Å². The van der Waals surface area contributed by atoms with Gasteiger partial charge >= 0.3 is 0 Å². The second kappa shape index (κ2) is 1.66. The van der Waals surface area contributed by atoms with Crippen LogP contribution in [0.1, 0.15) is 0 Å². The van der Waals surface area contributed by atoms with Crippen LogP contribution in [-0.4, -0.2) is 44.8 Å². The predicted octanol–water partition coefficient (Wildman–Crippen LogP) is -2.56. The van der Waals surface area contributed by atoms with Gasteiger partial charge in [0, 0.05) is 0 Å². The van der Waals surface area contributed by atoms with Gasteiger partial charge in [0.05, 0.1) is 0 Å². The number of aliphatic hydroxyl groups is 4. The minimum Gasteiger partial charge on any atom is -0.387 e. The van der Waals surface area contributed by atoms with Crippen molar-refractivity contribution in [3.05, 3.63) is 0 Å². The molecule has 0 atom stereocenters. The Hall–Kier alpha value is -0.160. The van der Waals surface area contributed by atoms with Crippen molar-refractivity contribution in [3.63, 3.8) is 0 Å². The molecule has 1 aliphatic rings. The van der Waals surface area contributed by atoms with E-state index in [0.29, 0.717) is 0 Å². The first kappa shape index (κ1) is 5.97. The van der Waals surface area contributed by atoms with Crippen LogP contribution in [-0.2, 0) is 0 Å². The molecule has 0 bridgehead atoms. The summed E-state index contributed by atoms with van der Waals surface area (Å²) >= 11 is 0. The Kier molecular flexibility index (Phi) is 1.24. The molecular formula is C4H8O4. The highest BCUT2D eigenvalue weighted by molar-refractivity contribution is 4.97. The maximum absolute atomic E-state index is 8.50. The van der Waals surface area contributed by atoms with Gasteiger partial charge in [-0.25, -0.2) is 0 Å². The van der Waals surface area contributed by atoms with E-state index in [9.17, 15) is 0 Å². The van der Waals surface area contributed by atoms with Crippen molar-refractivity contribution < 1.29 is 20.4 Å². The maximum Gasteiger partial charge on any atom is 0.111 e. The van der Waals surface area contributed by atoms with Gasteiger partial charge in [0.1, 0.15) is 24.4 Å². The quantitative estimate of drug-likeness (QED) is 0.283. The van der Waals surface area contributed by atoms with Crippen molar-refractivity contribution in [3.8, 4) is 0 Å². The average molecular weight is 120 g/mol.